The van der Waals surface area contributed by atoms with Crippen LogP contribution in [0.4, 0.5) is 0 Å². The minimum absolute atomic E-state index is 1.12. The van der Waals surface area contributed by atoms with Crippen molar-refractivity contribution in [3.8, 4) is 0 Å². The molecule has 0 amide bonds. The highest BCUT2D eigenvalue weighted by Gasteiger charge is 1.84. The summed E-state index contributed by atoms with van der Waals surface area (Å²) in [5.41, 5.74) is 2.40. The van der Waals surface area contributed by atoms with Gasteiger partial charge in [-0.25, -0.2) is 11.9 Å². The number of rotatable bonds is 0. The molecule has 1 aliphatic heterocycles. The summed E-state index contributed by atoms with van der Waals surface area (Å²) in [6.07, 6.45) is 2.03. The summed E-state index contributed by atoms with van der Waals surface area (Å²) in [4.78, 5) is 0. The van der Waals surface area contributed by atoms with Gasteiger partial charge in [-0.1, -0.05) is 11.6 Å². The van der Waals surface area contributed by atoms with E-state index in [1.807, 2.05) is 11.5 Å². The van der Waals surface area contributed by atoms with Gasteiger partial charge in [-0.2, -0.15) is 0 Å². The molecule has 0 unspecified atom stereocenters. The maximum Gasteiger partial charge on any atom is -0.0451 e. The fourth-order valence-electron chi connectivity index (χ4n) is 0.470. The second-order valence-corrected chi connectivity index (χ2v) is 2.55. The Morgan fingerprint density at radius 1 is 1.62 bits per heavy atom. The van der Waals surface area contributed by atoms with E-state index in [4.69, 9.17) is 0 Å². The van der Waals surface area contributed by atoms with E-state index in [-0.39, 0.29) is 0 Å². The Balaban J connectivity index is 2.73. The van der Waals surface area contributed by atoms with E-state index in [2.05, 4.69) is 18.6 Å². The van der Waals surface area contributed by atoms with Crippen molar-refractivity contribution in [1.29, 1.82) is 0 Å². The first kappa shape index (κ1) is 5.76. The van der Waals surface area contributed by atoms with Crippen molar-refractivity contribution >= 4 is 11.9 Å². The van der Waals surface area contributed by atoms with Crippen LogP contribution in [0.5, 0.6) is 0 Å². The van der Waals surface area contributed by atoms with Crippen LogP contribution in [0.2, 0.25) is 0 Å². The van der Waals surface area contributed by atoms with Gasteiger partial charge in [0.05, 0.1) is 0 Å². The Kier molecular flexibility index (Phi) is 1.63. The molecule has 0 saturated carbocycles. The molecule has 0 spiro atoms. The lowest BCUT2D eigenvalue weighted by atomic mass is 10.3. The summed E-state index contributed by atoms with van der Waals surface area (Å²) >= 11 is 1.50. The molecular weight excluding hydrogens is 118 g/mol. The van der Waals surface area contributed by atoms with Gasteiger partial charge in [0.1, 0.15) is 0 Å². The van der Waals surface area contributed by atoms with Gasteiger partial charge < -0.3 is 4.72 Å². The third-order valence-electron chi connectivity index (χ3n) is 0.950. The van der Waals surface area contributed by atoms with Crippen molar-refractivity contribution in [1.82, 2.24) is 0 Å². The van der Waals surface area contributed by atoms with Crippen LogP contribution in [0.3, 0.4) is 0 Å². The Morgan fingerprint density at radius 2 is 2.38 bits per heavy atom. The molecule has 0 atom stereocenters. The average Bonchev–Trinajstić information content (AvgIpc) is 2.12. The lowest BCUT2D eigenvalue weighted by molar-refractivity contribution is 1.35. The monoisotopic (exact) mass is 126 g/mol. The van der Waals surface area contributed by atoms with Gasteiger partial charge in [-0.3, -0.25) is 0 Å². The molecule has 0 aliphatic carbocycles. The van der Waals surface area contributed by atoms with Crippen molar-refractivity contribution < 1.29 is 0 Å². The fourth-order valence-corrected chi connectivity index (χ4v) is 1.08. The zero-order chi connectivity index (χ0) is 5.98. The maximum absolute atomic E-state index is 4.12. The Bertz CT molecular complexity index is 143. The second-order valence-electron chi connectivity index (χ2n) is 1.88. The quantitative estimate of drug-likeness (QED) is 0.455. The van der Waals surface area contributed by atoms with Crippen LogP contribution in [0.15, 0.2) is 22.8 Å². The second kappa shape index (κ2) is 2.27. The predicted octanol–water partition coefficient (Wildman–Crippen LogP) is 2.83. The zero-order valence-electron chi connectivity index (χ0n) is 5.01. The summed E-state index contributed by atoms with van der Waals surface area (Å²) < 4.78 is 4.12. The molecule has 0 saturated heterocycles. The first-order chi connectivity index (χ1) is 3.80. The van der Waals surface area contributed by atoms with Gasteiger partial charge in [0.25, 0.3) is 0 Å². The van der Waals surface area contributed by atoms with Crippen LogP contribution in [0.1, 0.15) is 13.8 Å². The molecule has 0 N–H and O–H groups in total. The SMILES string of the molecule is CC(C)=C1C=CS[N-]1. The molecule has 0 aromatic carbocycles. The van der Waals surface area contributed by atoms with Crippen LogP contribution in [-0.4, -0.2) is 0 Å². The summed E-state index contributed by atoms with van der Waals surface area (Å²) in [5.74, 6) is 0. The maximum atomic E-state index is 4.12. The van der Waals surface area contributed by atoms with E-state index in [0.29, 0.717) is 0 Å². The molecule has 1 rings (SSSR count). The first-order valence-electron chi connectivity index (χ1n) is 2.51. The largest absolute Gasteiger partial charge is 0.627 e. The third kappa shape index (κ3) is 1.07. The standard InChI is InChI=1S/C6H8NS/c1-5(2)6-3-4-8-7-6/h3-4H,1-2H3/q-1. The third-order valence-corrected chi connectivity index (χ3v) is 1.51. The minimum Gasteiger partial charge on any atom is -0.627 e. The molecule has 1 heterocycles. The van der Waals surface area contributed by atoms with E-state index >= 15 is 0 Å². The molecule has 1 aliphatic rings. The summed E-state index contributed by atoms with van der Waals surface area (Å²) in [6, 6.07) is 0. The molecule has 8 heavy (non-hydrogen) atoms. The van der Waals surface area contributed by atoms with E-state index in [1.165, 1.54) is 17.5 Å². The van der Waals surface area contributed by atoms with E-state index in [1.54, 1.807) is 0 Å². The van der Waals surface area contributed by atoms with Crippen molar-refractivity contribution in [3.05, 3.63) is 27.5 Å². The molecule has 0 bridgehead atoms. The van der Waals surface area contributed by atoms with Crippen molar-refractivity contribution in [3.63, 3.8) is 0 Å². The lowest BCUT2D eigenvalue weighted by Crippen LogP contribution is -1.69. The number of nitrogens with zero attached hydrogens (tertiary/aromatic N) is 1. The van der Waals surface area contributed by atoms with E-state index in [0.717, 1.165) is 5.70 Å². The molecule has 0 fully saturated rings. The van der Waals surface area contributed by atoms with Crippen molar-refractivity contribution in [2.75, 3.05) is 0 Å². The van der Waals surface area contributed by atoms with Gasteiger partial charge in [-0.05, 0) is 19.3 Å². The van der Waals surface area contributed by atoms with E-state index in [9.17, 15) is 0 Å². The minimum atomic E-state index is 1.12. The fraction of sp³-hybridized carbons (Fsp3) is 0.333. The van der Waals surface area contributed by atoms with Crippen molar-refractivity contribution in [2.24, 2.45) is 0 Å². The van der Waals surface area contributed by atoms with Crippen LogP contribution in [0, 0.1) is 0 Å². The molecular formula is C6H8NS-. The summed E-state index contributed by atoms with van der Waals surface area (Å²) in [7, 11) is 0. The topological polar surface area (TPSA) is 14.1 Å². The number of allylic oxidation sites excluding steroid dienone is 2. The first-order valence-corrected chi connectivity index (χ1v) is 3.35. The zero-order valence-corrected chi connectivity index (χ0v) is 5.83. The van der Waals surface area contributed by atoms with Crippen molar-refractivity contribution in [2.45, 2.75) is 13.8 Å². The smallest absolute Gasteiger partial charge is 0.0451 e. The lowest BCUT2D eigenvalue weighted by Gasteiger charge is -2.13. The molecule has 0 aromatic rings. The van der Waals surface area contributed by atoms with Crippen LogP contribution < -0.4 is 0 Å². The highest BCUT2D eigenvalue weighted by atomic mass is 32.2. The molecule has 0 aromatic heterocycles. The van der Waals surface area contributed by atoms with Gasteiger partial charge in [0.2, 0.25) is 0 Å². The highest BCUT2D eigenvalue weighted by Crippen LogP contribution is 2.30. The predicted molar refractivity (Wildman–Crippen MR) is 38.5 cm³/mol. The molecule has 0 radical (unpaired) electrons. The Labute approximate surface area is 54.0 Å². The Morgan fingerprint density at radius 3 is 2.62 bits per heavy atom. The normalized spacial score (nSPS) is 16.5. The van der Waals surface area contributed by atoms with E-state index < -0.39 is 0 Å². The molecule has 2 heteroatoms. The molecule has 1 nitrogen and oxygen atoms in total. The number of hydrogen-bond donors (Lipinski definition) is 0. The summed E-state index contributed by atoms with van der Waals surface area (Å²) in [5, 5.41) is 1.99. The van der Waals surface area contributed by atoms with Gasteiger partial charge >= 0.3 is 0 Å². The molecule has 44 valence electrons. The highest BCUT2D eigenvalue weighted by molar-refractivity contribution is 8.05. The van der Waals surface area contributed by atoms with Crippen LogP contribution >= 0.6 is 11.9 Å². The Hall–Kier alpha value is -0.370. The van der Waals surface area contributed by atoms with Gasteiger partial charge in [0.15, 0.2) is 0 Å². The van der Waals surface area contributed by atoms with Gasteiger partial charge in [-0.15, -0.1) is 5.70 Å². The van der Waals surface area contributed by atoms with Crippen LogP contribution in [-0.2, 0) is 0 Å². The van der Waals surface area contributed by atoms with Crippen LogP contribution in [0.25, 0.3) is 4.72 Å². The number of hydrogen-bond acceptors (Lipinski definition) is 1. The summed E-state index contributed by atoms with van der Waals surface area (Å²) in [6.45, 7) is 4.13. The van der Waals surface area contributed by atoms with Gasteiger partial charge in [0, 0.05) is 0 Å². The average molecular weight is 126 g/mol.